The van der Waals surface area contributed by atoms with Gasteiger partial charge in [0.2, 0.25) is 5.91 Å². The number of rotatable bonds is 5. The Kier molecular flexibility index (Phi) is 6.30. The van der Waals surface area contributed by atoms with Crippen LogP contribution in [0.25, 0.3) is 0 Å². The molecule has 0 spiro atoms. The highest BCUT2D eigenvalue weighted by Gasteiger charge is 2.43. The van der Waals surface area contributed by atoms with Crippen LogP contribution in [0.4, 0.5) is 10.5 Å². The number of aryl methyl sites for hydroxylation is 1. The number of nitrogens with one attached hydrogen (secondary N) is 2. The first-order valence-corrected chi connectivity index (χ1v) is 9.35. The Morgan fingerprint density at radius 3 is 2.41 bits per heavy atom. The topological polar surface area (TPSA) is 111 Å². The van der Waals surface area contributed by atoms with Crippen molar-refractivity contribution in [2.24, 2.45) is 0 Å². The lowest BCUT2D eigenvalue weighted by Gasteiger charge is -2.19. The Morgan fingerprint density at radius 2 is 1.74 bits per heavy atom. The fourth-order valence-electron chi connectivity index (χ4n) is 3.44. The first kappa shape index (κ1) is 19.6. The number of carbonyl (C=O) groups excluding carboxylic acids is 2. The first-order valence-electron chi connectivity index (χ1n) is 9.35. The van der Waals surface area contributed by atoms with Crippen LogP contribution in [0.1, 0.15) is 24.8 Å². The minimum absolute atomic E-state index is 0.0320. The van der Waals surface area contributed by atoms with Gasteiger partial charge >= 0.3 is 6.03 Å². The van der Waals surface area contributed by atoms with E-state index in [1.807, 2.05) is 19.1 Å². The van der Waals surface area contributed by atoms with Gasteiger partial charge in [0.1, 0.15) is 18.3 Å². The van der Waals surface area contributed by atoms with Crippen molar-refractivity contribution < 1.29 is 24.5 Å². The van der Waals surface area contributed by atoms with E-state index < -0.39 is 30.4 Å². The van der Waals surface area contributed by atoms with Crippen LogP contribution in [0.2, 0.25) is 0 Å². The van der Waals surface area contributed by atoms with Gasteiger partial charge in [-0.2, -0.15) is 0 Å². The molecule has 2 aliphatic heterocycles. The largest absolute Gasteiger partial charge is 0.388 e. The Balaban J connectivity index is 1.46. The number of likely N-dealkylation sites (tertiary alicyclic amines) is 1. The average molecular weight is 377 g/mol. The monoisotopic (exact) mass is 377 g/mol. The third-order valence-electron chi connectivity index (χ3n) is 5.07. The lowest BCUT2D eigenvalue weighted by atomic mass is 10.1. The number of aliphatic hydroxyl groups excluding tert-OH is 2. The number of amides is 3. The summed E-state index contributed by atoms with van der Waals surface area (Å²) in [5.41, 5.74) is 1.74. The molecule has 0 radical (unpaired) electrons. The summed E-state index contributed by atoms with van der Waals surface area (Å²) in [6.07, 6.45) is -1.81. The number of benzene rings is 1. The fraction of sp³-hybridized carbons (Fsp3) is 0.579. The molecule has 2 saturated heterocycles. The molecule has 4 unspecified atom stereocenters. The zero-order valence-corrected chi connectivity index (χ0v) is 15.4. The van der Waals surface area contributed by atoms with E-state index >= 15 is 0 Å². The Bertz CT molecular complexity index is 660. The van der Waals surface area contributed by atoms with Crippen molar-refractivity contribution in [1.29, 1.82) is 0 Å². The summed E-state index contributed by atoms with van der Waals surface area (Å²) in [6.45, 7) is 3.45. The molecule has 0 saturated carbocycles. The number of anilines is 1. The number of urea groups is 1. The Hall–Kier alpha value is -2.16. The van der Waals surface area contributed by atoms with Crippen molar-refractivity contribution in [2.75, 3.05) is 25.0 Å². The van der Waals surface area contributed by atoms with Crippen LogP contribution in [0.3, 0.4) is 0 Å². The highest BCUT2D eigenvalue weighted by Crippen LogP contribution is 2.24. The third-order valence-corrected chi connectivity index (χ3v) is 5.07. The van der Waals surface area contributed by atoms with Gasteiger partial charge in [-0.25, -0.2) is 4.79 Å². The van der Waals surface area contributed by atoms with E-state index in [9.17, 15) is 19.8 Å². The van der Waals surface area contributed by atoms with Crippen molar-refractivity contribution in [3.8, 4) is 0 Å². The van der Waals surface area contributed by atoms with Crippen LogP contribution < -0.4 is 10.6 Å². The molecule has 1 aromatic carbocycles. The van der Waals surface area contributed by atoms with E-state index in [0.29, 0.717) is 5.69 Å². The van der Waals surface area contributed by atoms with E-state index in [-0.39, 0.29) is 18.9 Å². The lowest BCUT2D eigenvalue weighted by molar-refractivity contribution is -0.134. The van der Waals surface area contributed by atoms with E-state index in [1.165, 1.54) is 0 Å². The lowest BCUT2D eigenvalue weighted by Crippen LogP contribution is -2.41. The molecule has 2 aliphatic rings. The van der Waals surface area contributed by atoms with E-state index in [1.54, 1.807) is 17.0 Å². The van der Waals surface area contributed by atoms with Gasteiger partial charge in [-0.15, -0.1) is 0 Å². The minimum atomic E-state index is -1.15. The Labute approximate surface area is 158 Å². The van der Waals surface area contributed by atoms with Gasteiger partial charge in [-0.3, -0.25) is 4.79 Å². The van der Waals surface area contributed by atoms with Crippen LogP contribution in [0, 0.1) is 6.92 Å². The molecule has 8 heteroatoms. The Morgan fingerprint density at radius 1 is 1.11 bits per heavy atom. The fourth-order valence-corrected chi connectivity index (χ4v) is 3.44. The van der Waals surface area contributed by atoms with Gasteiger partial charge in [-0.05, 0) is 31.9 Å². The normalized spacial score (nSPS) is 27.6. The highest BCUT2D eigenvalue weighted by atomic mass is 16.5. The second-order valence-electron chi connectivity index (χ2n) is 7.19. The summed E-state index contributed by atoms with van der Waals surface area (Å²) in [7, 11) is 0. The maximum Gasteiger partial charge on any atom is 0.319 e. The van der Waals surface area contributed by atoms with Crippen molar-refractivity contribution in [2.45, 2.75) is 50.6 Å². The average Bonchev–Trinajstić information content (AvgIpc) is 3.27. The van der Waals surface area contributed by atoms with E-state index in [2.05, 4.69) is 10.6 Å². The van der Waals surface area contributed by atoms with Crippen molar-refractivity contribution in [3.63, 3.8) is 0 Å². The van der Waals surface area contributed by atoms with Crippen molar-refractivity contribution in [3.05, 3.63) is 29.8 Å². The molecule has 2 heterocycles. The maximum absolute atomic E-state index is 12.2. The van der Waals surface area contributed by atoms with Crippen LogP contribution in [-0.4, -0.2) is 71.1 Å². The predicted octanol–water partition coefficient (Wildman–Crippen LogP) is 0.618. The standard InChI is InChI=1S/C19H27N3O5/c1-12-4-6-13(7-5-12)21-19(26)20-11-15-18(25)17(24)14(27-15)10-16(23)22-8-2-3-9-22/h4-7,14-15,17-18,24-25H,2-3,8-11H2,1H3,(H2,20,21,26). The van der Waals surface area contributed by atoms with Gasteiger partial charge in [0.05, 0.1) is 12.5 Å². The van der Waals surface area contributed by atoms with Crippen LogP contribution in [-0.2, 0) is 9.53 Å². The molecule has 8 nitrogen and oxygen atoms in total. The van der Waals surface area contributed by atoms with Gasteiger partial charge < -0.3 is 30.5 Å². The molecule has 1 aromatic rings. The number of ether oxygens (including phenoxy) is 1. The molecule has 0 aromatic heterocycles. The molecular weight excluding hydrogens is 350 g/mol. The predicted molar refractivity (Wildman–Crippen MR) is 99.3 cm³/mol. The maximum atomic E-state index is 12.2. The molecule has 4 atom stereocenters. The highest BCUT2D eigenvalue weighted by molar-refractivity contribution is 5.89. The van der Waals surface area contributed by atoms with Crippen LogP contribution in [0.5, 0.6) is 0 Å². The van der Waals surface area contributed by atoms with Crippen LogP contribution >= 0.6 is 0 Å². The number of hydrogen-bond acceptors (Lipinski definition) is 5. The number of hydrogen-bond donors (Lipinski definition) is 4. The molecule has 3 amide bonds. The molecule has 27 heavy (non-hydrogen) atoms. The molecule has 148 valence electrons. The van der Waals surface area contributed by atoms with E-state index in [4.69, 9.17) is 4.74 Å². The molecule has 2 fully saturated rings. The summed E-state index contributed by atoms with van der Waals surface area (Å²) in [4.78, 5) is 26.0. The zero-order valence-electron chi connectivity index (χ0n) is 15.4. The quantitative estimate of drug-likeness (QED) is 0.601. The summed E-state index contributed by atoms with van der Waals surface area (Å²) >= 11 is 0. The number of carbonyl (C=O) groups is 2. The molecule has 3 rings (SSSR count). The summed E-state index contributed by atoms with van der Waals surface area (Å²) in [5, 5.41) is 25.7. The van der Waals surface area contributed by atoms with Crippen molar-refractivity contribution >= 4 is 17.6 Å². The van der Waals surface area contributed by atoms with E-state index in [0.717, 1.165) is 31.5 Å². The molecule has 0 bridgehead atoms. The second kappa shape index (κ2) is 8.69. The smallest absolute Gasteiger partial charge is 0.319 e. The van der Waals surface area contributed by atoms with Gasteiger partial charge in [0.15, 0.2) is 0 Å². The SMILES string of the molecule is Cc1ccc(NC(=O)NCC2OC(CC(=O)N3CCCC3)C(O)C2O)cc1. The number of aliphatic hydroxyl groups is 2. The zero-order chi connectivity index (χ0) is 19.4. The summed E-state index contributed by atoms with van der Waals surface area (Å²) < 4.78 is 5.64. The van der Waals surface area contributed by atoms with Gasteiger partial charge in [-0.1, -0.05) is 17.7 Å². The summed E-state index contributed by atoms with van der Waals surface area (Å²) in [6, 6.07) is 6.93. The van der Waals surface area contributed by atoms with Crippen LogP contribution in [0.15, 0.2) is 24.3 Å². The first-order chi connectivity index (χ1) is 12.9. The number of nitrogens with zero attached hydrogens (tertiary/aromatic N) is 1. The van der Waals surface area contributed by atoms with Gasteiger partial charge in [0, 0.05) is 25.3 Å². The minimum Gasteiger partial charge on any atom is -0.388 e. The molecular formula is C19H27N3O5. The third kappa shape index (κ3) is 4.97. The molecule has 0 aliphatic carbocycles. The van der Waals surface area contributed by atoms with Crippen molar-refractivity contribution in [1.82, 2.24) is 10.2 Å². The molecule has 4 N–H and O–H groups in total. The summed E-state index contributed by atoms with van der Waals surface area (Å²) in [5.74, 6) is -0.0746. The van der Waals surface area contributed by atoms with Gasteiger partial charge in [0.25, 0.3) is 0 Å². The second-order valence-corrected chi connectivity index (χ2v) is 7.19.